The van der Waals surface area contributed by atoms with Crippen LogP contribution >= 0.6 is 0 Å². The van der Waals surface area contributed by atoms with E-state index >= 15 is 0 Å². The van der Waals surface area contributed by atoms with Crippen molar-refractivity contribution in [3.05, 3.63) is 0 Å². The molecule has 0 radical (unpaired) electrons. The van der Waals surface area contributed by atoms with Crippen LogP contribution in [0.3, 0.4) is 0 Å². The van der Waals surface area contributed by atoms with Crippen LogP contribution in [0.1, 0.15) is 40.0 Å². The lowest BCUT2D eigenvalue weighted by atomic mass is 9.93. The molecule has 1 aliphatic rings. The number of nitrogens with one attached hydrogen (secondary N) is 1. The first-order valence-corrected chi connectivity index (χ1v) is 6.49. The van der Waals surface area contributed by atoms with Crippen molar-refractivity contribution in [2.24, 2.45) is 11.8 Å². The average Bonchev–Trinajstić information content (AvgIpc) is 2.66. The quantitative estimate of drug-likeness (QED) is 0.723. The molecule has 0 spiro atoms. The molecule has 1 N–H and O–H groups in total. The highest BCUT2D eigenvalue weighted by Crippen LogP contribution is 2.18. The topological polar surface area (TPSA) is 38.3 Å². The van der Waals surface area contributed by atoms with E-state index in [0.29, 0.717) is 31.3 Å². The highest BCUT2D eigenvalue weighted by Gasteiger charge is 2.32. The van der Waals surface area contributed by atoms with Crippen LogP contribution in [0.2, 0.25) is 0 Å². The molecular weight excluding hydrogens is 202 g/mol. The van der Waals surface area contributed by atoms with E-state index in [1.54, 1.807) is 0 Å². The fraction of sp³-hybridized carbons (Fsp3) is 0.923. The number of hydrogen-bond acceptors (Lipinski definition) is 3. The molecule has 0 aliphatic carbocycles. The minimum Gasteiger partial charge on any atom is -0.379 e. The third-order valence-corrected chi connectivity index (χ3v) is 3.17. The molecule has 3 nitrogen and oxygen atoms in total. The molecular formula is C13H25NO2. The third kappa shape index (κ3) is 4.22. The highest BCUT2D eigenvalue weighted by atomic mass is 16.5. The molecule has 1 heterocycles. The van der Waals surface area contributed by atoms with Crippen LogP contribution in [0.25, 0.3) is 0 Å². The molecule has 0 aromatic carbocycles. The van der Waals surface area contributed by atoms with Crippen LogP contribution in [0.5, 0.6) is 0 Å². The van der Waals surface area contributed by atoms with Gasteiger partial charge in [0.1, 0.15) is 5.78 Å². The fourth-order valence-corrected chi connectivity index (χ4v) is 2.20. The van der Waals surface area contributed by atoms with Gasteiger partial charge in [-0.15, -0.1) is 0 Å². The summed E-state index contributed by atoms with van der Waals surface area (Å²) in [5, 5.41) is 3.33. The summed E-state index contributed by atoms with van der Waals surface area (Å²) < 4.78 is 5.39. The molecule has 1 saturated heterocycles. The molecule has 0 saturated carbocycles. The first-order chi connectivity index (χ1) is 7.65. The van der Waals surface area contributed by atoms with E-state index in [-0.39, 0.29) is 12.0 Å². The maximum absolute atomic E-state index is 12.0. The molecule has 0 bridgehead atoms. The van der Waals surface area contributed by atoms with Crippen molar-refractivity contribution in [3.63, 3.8) is 0 Å². The molecule has 94 valence electrons. The van der Waals surface area contributed by atoms with Gasteiger partial charge in [0.2, 0.25) is 0 Å². The molecule has 0 aromatic heterocycles. The van der Waals surface area contributed by atoms with Gasteiger partial charge in [0.15, 0.2) is 0 Å². The van der Waals surface area contributed by atoms with Crippen molar-refractivity contribution in [2.45, 2.75) is 46.1 Å². The molecule has 3 heteroatoms. The molecule has 1 aliphatic heterocycles. The molecule has 16 heavy (non-hydrogen) atoms. The summed E-state index contributed by atoms with van der Waals surface area (Å²) in [4.78, 5) is 12.0. The third-order valence-electron chi connectivity index (χ3n) is 3.17. The number of rotatable bonds is 7. The van der Waals surface area contributed by atoms with Gasteiger partial charge in [-0.25, -0.2) is 0 Å². The van der Waals surface area contributed by atoms with Gasteiger partial charge in [-0.2, -0.15) is 0 Å². The minimum absolute atomic E-state index is 0.0899. The van der Waals surface area contributed by atoms with Crippen molar-refractivity contribution >= 4 is 5.78 Å². The largest absolute Gasteiger partial charge is 0.379 e. The molecule has 1 fully saturated rings. The van der Waals surface area contributed by atoms with Crippen LogP contribution in [-0.4, -0.2) is 31.6 Å². The molecule has 2 unspecified atom stereocenters. The number of likely N-dealkylation sites (N-methyl/N-ethyl adjacent to an activating group) is 1. The predicted octanol–water partition coefficient (Wildman–Crippen LogP) is 2.01. The fourth-order valence-electron chi connectivity index (χ4n) is 2.20. The second-order valence-electron chi connectivity index (χ2n) is 5.06. The van der Waals surface area contributed by atoms with Gasteiger partial charge in [0, 0.05) is 12.5 Å². The number of ether oxygens (including phenoxy) is 1. The second kappa shape index (κ2) is 7.02. The Labute approximate surface area is 98.9 Å². The van der Waals surface area contributed by atoms with E-state index in [9.17, 15) is 4.79 Å². The Hall–Kier alpha value is -0.410. The summed E-state index contributed by atoms with van der Waals surface area (Å²) >= 11 is 0. The Morgan fingerprint density at radius 1 is 1.44 bits per heavy atom. The predicted molar refractivity (Wildman–Crippen MR) is 65.5 cm³/mol. The normalized spacial score (nSPS) is 25.2. The van der Waals surface area contributed by atoms with E-state index in [0.717, 1.165) is 19.4 Å². The molecule has 1 rings (SSSR count). The van der Waals surface area contributed by atoms with E-state index in [2.05, 4.69) is 26.1 Å². The van der Waals surface area contributed by atoms with E-state index in [1.807, 2.05) is 0 Å². The minimum atomic E-state index is 0.0899. The van der Waals surface area contributed by atoms with Gasteiger partial charge in [-0.3, -0.25) is 4.79 Å². The van der Waals surface area contributed by atoms with E-state index in [4.69, 9.17) is 4.74 Å². The van der Waals surface area contributed by atoms with Crippen LogP contribution in [0.4, 0.5) is 0 Å². The number of ketones is 1. The highest BCUT2D eigenvalue weighted by molar-refractivity contribution is 5.82. The van der Waals surface area contributed by atoms with Crippen molar-refractivity contribution in [3.8, 4) is 0 Å². The van der Waals surface area contributed by atoms with Crippen molar-refractivity contribution in [1.82, 2.24) is 5.32 Å². The lowest BCUT2D eigenvalue weighted by Crippen LogP contribution is -2.39. The Balaban J connectivity index is 2.29. The summed E-state index contributed by atoms with van der Waals surface area (Å²) in [5.74, 6) is 1.16. The lowest BCUT2D eigenvalue weighted by Gasteiger charge is -2.17. The van der Waals surface area contributed by atoms with Gasteiger partial charge in [-0.1, -0.05) is 27.2 Å². The van der Waals surface area contributed by atoms with Crippen LogP contribution in [0, 0.1) is 11.8 Å². The summed E-state index contributed by atoms with van der Waals surface area (Å²) in [7, 11) is 0. The first kappa shape index (κ1) is 13.7. The van der Waals surface area contributed by atoms with Crippen LogP contribution < -0.4 is 5.32 Å². The number of carbonyl (C=O) groups excluding carboxylic acids is 1. The maximum Gasteiger partial charge on any atom is 0.139 e. The summed E-state index contributed by atoms with van der Waals surface area (Å²) in [6.07, 6.45) is 2.88. The number of carbonyl (C=O) groups is 1. The number of Topliss-reactive ketones (excluding diaryl/α,β-unsaturated/α-hetero) is 1. The van der Waals surface area contributed by atoms with Gasteiger partial charge in [-0.05, 0) is 18.9 Å². The van der Waals surface area contributed by atoms with Gasteiger partial charge >= 0.3 is 0 Å². The molecule has 0 amide bonds. The first-order valence-electron chi connectivity index (χ1n) is 6.49. The zero-order chi connectivity index (χ0) is 12.0. The van der Waals surface area contributed by atoms with Gasteiger partial charge < -0.3 is 10.1 Å². The van der Waals surface area contributed by atoms with Crippen LogP contribution in [-0.2, 0) is 9.53 Å². The Bertz CT molecular complexity index is 216. The van der Waals surface area contributed by atoms with Crippen LogP contribution in [0.15, 0.2) is 0 Å². The van der Waals surface area contributed by atoms with E-state index < -0.39 is 0 Å². The van der Waals surface area contributed by atoms with Crippen molar-refractivity contribution < 1.29 is 9.53 Å². The maximum atomic E-state index is 12.0. The van der Waals surface area contributed by atoms with Crippen molar-refractivity contribution in [1.29, 1.82) is 0 Å². The average molecular weight is 227 g/mol. The standard InChI is InChI=1S/C13H25NO2/c1-4-14-12-9-16-8-11(12)13(15)7-5-6-10(2)3/h10-12,14H,4-9H2,1-3H3. The van der Waals surface area contributed by atoms with Gasteiger partial charge in [0.25, 0.3) is 0 Å². The Morgan fingerprint density at radius 3 is 2.81 bits per heavy atom. The second-order valence-corrected chi connectivity index (χ2v) is 5.06. The zero-order valence-corrected chi connectivity index (χ0v) is 10.8. The summed E-state index contributed by atoms with van der Waals surface area (Å²) in [6, 6.07) is 0.247. The Morgan fingerprint density at radius 2 is 2.19 bits per heavy atom. The summed E-state index contributed by atoms with van der Waals surface area (Å²) in [6.45, 7) is 8.67. The molecule has 0 aromatic rings. The van der Waals surface area contributed by atoms with E-state index in [1.165, 1.54) is 0 Å². The lowest BCUT2D eigenvalue weighted by molar-refractivity contribution is -0.123. The van der Waals surface area contributed by atoms with Gasteiger partial charge in [0.05, 0.1) is 19.1 Å². The summed E-state index contributed by atoms with van der Waals surface area (Å²) in [5.41, 5.74) is 0. The zero-order valence-electron chi connectivity index (χ0n) is 10.8. The monoisotopic (exact) mass is 227 g/mol. The SMILES string of the molecule is CCNC1COCC1C(=O)CCCC(C)C. The number of hydrogen-bond donors (Lipinski definition) is 1. The molecule has 2 atom stereocenters. The Kier molecular flexibility index (Phi) is 5.99. The van der Waals surface area contributed by atoms with Crippen molar-refractivity contribution in [2.75, 3.05) is 19.8 Å². The smallest absolute Gasteiger partial charge is 0.139 e.